The van der Waals surface area contributed by atoms with Crippen molar-refractivity contribution in [1.29, 1.82) is 0 Å². The lowest BCUT2D eigenvalue weighted by atomic mass is 9.92. The van der Waals surface area contributed by atoms with E-state index >= 15 is 0 Å². The van der Waals surface area contributed by atoms with E-state index in [1.54, 1.807) is 0 Å². The third-order valence-electron chi connectivity index (χ3n) is 6.88. The number of rotatable bonds is 13. The number of hydrogen-bond acceptors (Lipinski definition) is 6. The Morgan fingerprint density at radius 3 is 2.53 bits per heavy atom. The number of hydrogen-bond donors (Lipinski definition) is 4. The monoisotopic (exact) mass is 517 g/mol. The Labute approximate surface area is 224 Å². The summed E-state index contributed by atoms with van der Waals surface area (Å²) in [6.45, 7) is 2.07. The van der Waals surface area contributed by atoms with E-state index < -0.39 is 12.1 Å². The van der Waals surface area contributed by atoms with E-state index in [0.29, 0.717) is 19.5 Å². The van der Waals surface area contributed by atoms with Crippen molar-refractivity contribution in [2.45, 2.75) is 64.0 Å². The Kier molecular flexibility index (Phi) is 10.3. The lowest BCUT2D eigenvalue weighted by Gasteiger charge is -2.21. The number of para-hydroxylation sites is 1. The van der Waals surface area contributed by atoms with Crippen LogP contribution in [-0.2, 0) is 29.0 Å². The van der Waals surface area contributed by atoms with Gasteiger partial charge in [-0.25, -0.2) is 4.79 Å². The number of nitrogens with zero attached hydrogens (tertiary/aromatic N) is 1. The van der Waals surface area contributed by atoms with Gasteiger partial charge in [-0.3, -0.25) is 9.78 Å². The summed E-state index contributed by atoms with van der Waals surface area (Å²) in [5, 5.41) is 10.5. The van der Waals surface area contributed by atoms with Crippen LogP contribution < -0.4 is 21.7 Å². The molecule has 3 aromatic rings. The van der Waals surface area contributed by atoms with Gasteiger partial charge in [0.1, 0.15) is 6.61 Å². The van der Waals surface area contributed by atoms with Crippen LogP contribution in [0.5, 0.6) is 0 Å². The molecule has 8 heteroatoms. The Hall–Kier alpha value is -3.65. The zero-order chi connectivity index (χ0) is 26.6. The maximum Gasteiger partial charge on any atom is 0.407 e. The molecule has 0 spiro atoms. The van der Waals surface area contributed by atoms with E-state index in [0.717, 1.165) is 55.1 Å². The van der Waals surface area contributed by atoms with Crippen LogP contribution in [0.3, 0.4) is 0 Å². The quantitative estimate of drug-likeness (QED) is 0.249. The third kappa shape index (κ3) is 7.92. The normalized spacial score (nSPS) is 13.4. The first-order valence-corrected chi connectivity index (χ1v) is 13.7. The molecule has 0 saturated heterocycles. The molecule has 1 aliphatic rings. The van der Waals surface area contributed by atoms with E-state index in [4.69, 9.17) is 15.5 Å². The molecule has 38 heavy (non-hydrogen) atoms. The average Bonchev–Trinajstić information content (AvgIpc) is 2.95. The molecule has 1 aromatic heterocycles. The smallest absolute Gasteiger partial charge is 0.407 e. The number of carbonyl (C=O) groups excluding carboxylic acids is 2. The van der Waals surface area contributed by atoms with E-state index in [2.05, 4.69) is 34.1 Å². The number of amides is 2. The third-order valence-corrected chi connectivity index (χ3v) is 6.88. The summed E-state index contributed by atoms with van der Waals surface area (Å²) in [6, 6.07) is 17.3. The van der Waals surface area contributed by atoms with Gasteiger partial charge in [0, 0.05) is 36.4 Å². The summed E-state index contributed by atoms with van der Waals surface area (Å²) in [5.74, 6) is -0.132. The second-order valence-corrected chi connectivity index (χ2v) is 9.80. The number of fused-ring (bicyclic) bond motifs is 2. The van der Waals surface area contributed by atoms with Crippen molar-refractivity contribution < 1.29 is 14.3 Å². The van der Waals surface area contributed by atoms with Crippen molar-refractivity contribution in [3.8, 4) is 0 Å². The number of pyridine rings is 1. The van der Waals surface area contributed by atoms with Crippen LogP contribution in [0, 0.1) is 0 Å². The van der Waals surface area contributed by atoms with Crippen molar-refractivity contribution in [3.05, 3.63) is 71.4 Å². The molecule has 5 N–H and O–H groups in total. The fraction of sp³-hybridized carbons (Fsp3) is 0.433. The second-order valence-electron chi connectivity index (χ2n) is 9.80. The highest BCUT2D eigenvalue weighted by Gasteiger charge is 2.18. The summed E-state index contributed by atoms with van der Waals surface area (Å²) < 4.78 is 5.19. The van der Waals surface area contributed by atoms with Gasteiger partial charge in [-0.2, -0.15) is 0 Å². The molecule has 0 bridgehead atoms. The van der Waals surface area contributed by atoms with E-state index in [1.807, 2.05) is 36.4 Å². The molecule has 2 amide bonds. The molecule has 4 rings (SSSR count). The number of carbonyl (C=O) groups is 2. The molecular formula is C30H39N5O3. The molecular weight excluding hydrogens is 478 g/mol. The average molecular weight is 518 g/mol. The SMILES string of the molecule is N[C@@H](CCCCNC(=O)OCc1ccccc1)C(=O)NCCCNc1c2c(nc3ccccc13)CCCC2. The van der Waals surface area contributed by atoms with Crippen LogP contribution in [0.1, 0.15) is 55.3 Å². The first-order valence-electron chi connectivity index (χ1n) is 13.7. The maximum atomic E-state index is 12.4. The Bertz CT molecular complexity index is 1200. The number of alkyl carbamates (subject to hydrolysis) is 1. The predicted octanol–water partition coefficient (Wildman–Crippen LogP) is 4.46. The van der Waals surface area contributed by atoms with E-state index in [-0.39, 0.29) is 12.5 Å². The molecule has 0 aliphatic heterocycles. The summed E-state index contributed by atoms with van der Waals surface area (Å²) in [5.41, 5.74) is 11.8. The van der Waals surface area contributed by atoms with Gasteiger partial charge < -0.3 is 26.4 Å². The molecule has 1 aliphatic carbocycles. The van der Waals surface area contributed by atoms with Crippen LogP contribution in [0.2, 0.25) is 0 Å². The van der Waals surface area contributed by atoms with Crippen LogP contribution in [-0.4, -0.2) is 42.7 Å². The van der Waals surface area contributed by atoms with Gasteiger partial charge in [0.15, 0.2) is 0 Å². The van der Waals surface area contributed by atoms with Crippen molar-refractivity contribution in [2.24, 2.45) is 5.73 Å². The number of ether oxygens (including phenoxy) is 1. The first-order chi connectivity index (χ1) is 18.6. The van der Waals surface area contributed by atoms with Crippen LogP contribution in [0.4, 0.5) is 10.5 Å². The molecule has 202 valence electrons. The lowest BCUT2D eigenvalue weighted by molar-refractivity contribution is -0.122. The van der Waals surface area contributed by atoms with E-state index in [1.165, 1.54) is 29.8 Å². The first kappa shape index (κ1) is 27.4. The zero-order valence-electron chi connectivity index (χ0n) is 22.0. The van der Waals surface area contributed by atoms with Crippen molar-refractivity contribution in [1.82, 2.24) is 15.6 Å². The Balaban J connectivity index is 1.09. The van der Waals surface area contributed by atoms with Crippen molar-refractivity contribution >= 4 is 28.6 Å². The van der Waals surface area contributed by atoms with Gasteiger partial charge in [-0.05, 0) is 68.6 Å². The minimum atomic E-state index is -0.552. The number of aromatic nitrogens is 1. The lowest BCUT2D eigenvalue weighted by Crippen LogP contribution is -2.41. The highest BCUT2D eigenvalue weighted by molar-refractivity contribution is 5.93. The molecule has 1 atom stereocenters. The van der Waals surface area contributed by atoms with Crippen molar-refractivity contribution in [2.75, 3.05) is 25.0 Å². The fourth-order valence-corrected chi connectivity index (χ4v) is 4.80. The molecule has 0 unspecified atom stereocenters. The Morgan fingerprint density at radius 1 is 0.895 bits per heavy atom. The summed E-state index contributed by atoms with van der Waals surface area (Å²) >= 11 is 0. The number of anilines is 1. The molecule has 8 nitrogen and oxygen atoms in total. The van der Waals surface area contributed by atoms with Gasteiger partial charge in [-0.15, -0.1) is 0 Å². The summed E-state index contributed by atoms with van der Waals surface area (Å²) in [6.07, 6.45) is 6.91. The van der Waals surface area contributed by atoms with Crippen LogP contribution in [0.25, 0.3) is 10.9 Å². The zero-order valence-corrected chi connectivity index (χ0v) is 22.0. The van der Waals surface area contributed by atoms with Crippen LogP contribution >= 0.6 is 0 Å². The topological polar surface area (TPSA) is 118 Å². The molecule has 2 aromatic carbocycles. The second kappa shape index (κ2) is 14.3. The van der Waals surface area contributed by atoms with Gasteiger partial charge >= 0.3 is 6.09 Å². The number of aryl methyl sites for hydroxylation is 1. The molecule has 0 radical (unpaired) electrons. The summed E-state index contributed by atoms with van der Waals surface area (Å²) in [7, 11) is 0. The van der Waals surface area contributed by atoms with Gasteiger partial charge in [0.05, 0.1) is 11.6 Å². The standard InChI is InChI=1S/C30H39N5O3/c31-25(15-8-9-18-34-30(37)38-21-22-11-2-1-3-12-22)29(36)33-20-10-19-32-28-23-13-4-6-16-26(23)35-27-17-7-5-14-24(27)28/h1-4,6,11-13,16,25H,5,7-10,14-15,17-21,31H2,(H,32,35)(H,33,36)(H,34,37)/t25-/m0/s1. The largest absolute Gasteiger partial charge is 0.445 e. The van der Waals surface area contributed by atoms with Crippen LogP contribution in [0.15, 0.2) is 54.6 Å². The Morgan fingerprint density at radius 2 is 1.66 bits per heavy atom. The molecule has 0 saturated carbocycles. The number of nitrogens with two attached hydrogens (primary N) is 1. The highest BCUT2D eigenvalue weighted by atomic mass is 16.5. The number of unbranched alkanes of at least 4 members (excludes halogenated alkanes) is 1. The minimum Gasteiger partial charge on any atom is -0.445 e. The van der Waals surface area contributed by atoms with Gasteiger partial charge in [0.25, 0.3) is 0 Å². The van der Waals surface area contributed by atoms with Crippen molar-refractivity contribution in [3.63, 3.8) is 0 Å². The minimum absolute atomic E-state index is 0.132. The highest BCUT2D eigenvalue weighted by Crippen LogP contribution is 2.33. The predicted molar refractivity (Wildman–Crippen MR) is 151 cm³/mol. The summed E-state index contributed by atoms with van der Waals surface area (Å²) in [4.78, 5) is 29.1. The maximum absolute atomic E-state index is 12.4. The molecule has 0 fully saturated rings. The van der Waals surface area contributed by atoms with Gasteiger partial charge in [-0.1, -0.05) is 48.5 Å². The number of nitrogens with one attached hydrogen (secondary N) is 3. The van der Waals surface area contributed by atoms with E-state index in [9.17, 15) is 9.59 Å². The molecule has 1 heterocycles. The number of benzene rings is 2. The van der Waals surface area contributed by atoms with Gasteiger partial charge in [0.2, 0.25) is 5.91 Å². The fourth-order valence-electron chi connectivity index (χ4n) is 4.80.